The molecule has 3 saturated heterocycles. The van der Waals surface area contributed by atoms with Gasteiger partial charge in [-0.3, -0.25) is 29.1 Å². The summed E-state index contributed by atoms with van der Waals surface area (Å²) in [5.74, 6) is 4.15. The summed E-state index contributed by atoms with van der Waals surface area (Å²) in [4.78, 5) is 107. The number of amides is 3. The quantitative estimate of drug-likeness (QED) is 0.0699. The first kappa shape index (κ1) is 78.0. The van der Waals surface area contributed by atoms with Gasteiger partial charge in [-0.1, -0.05) is 0 Å². The standard InChI is InChI=1S/C26H34N8O3S.C26H34N8O2S.C25H32N8OS/c1-16(2)34-20-15-27-26(30-23(20)32(5)25-22(24(34)36)28-17(3)38-25)29-19-7-6-18(14-21(19)37-13-12-35)33-10-8-31(4)9-11-33;1-15(2)34-20-14-27-26(30-23(20)32(6)25-22(24(34)35)28-17(4)37-25)29-18-12-16(3)19(13-21(18)36-7)33-10-8-31(5)9-11-33;1-15(2)33-20-14-26-25(29-22(20)31(6)24-21(23(33)34)27-17(4)35-24)28-19-8-7-18(13-16(19)3)32-11-9-30(5)10-12-32/h6-7,14-16,35H,8-13H2,1-5H3,(H,27,29,30);12-15H,8-11H2,1-7H3,(H,27,29,30);7-8,13-15H,9-12H2,1-6H3,(H,26,28,29). The molecule has 0 radical (unpaired) electrons. The number of rotatable bonds is 16. The van der Waals surface area contributed by atoms with Crippen LogP contribution in [-0.4, -0.2) is 242 Å². The lowest BCUT2D eigenvalue weighted by Crippen LogP contribution is -2.44. The summed E-state index contributed by atoms with van der Waals surface area (Å²) in [7, 11) is 13.9. The zero-order valence-electron chi connectivity index (χ0n) is 66.1. The average molecular weight is 1550 g/mol. The van der Waals surface area contributed by atoms with E-state index in [-0.39, 0.29) is 49.1 Å². The fourth-order valence-electron chi connectivity index (χ4n) is 14.3. The number of piperazine rings is 3. The van der Waals surface area contributed by atoms with Gasteiger partial charge in [0.2, 0.25) is 17.8 Å². The molecule has 0 aliphatic carbocycles. The lowest BCUT2D eigenvalue weighted by Gasteiger charge is -2.35. The second kappa shape index (κ2) is 32.8. The highest BCUT2D eigenvalue weighted by molar-refractivity contribution is 7.17. The molecule has 3 amide bonds. The van der Waals surface area contributed by atoms with Gasteiger partial charge in [-0.25, -0.2) is 29.9 Å². The topological polar surface area (TPSA) is 281 Å². The summed E-state index contributed by atoms with van der Waals surface area (Å²) in [6.07, 6.45) is 5.12. The number of anilines is 18. The molecule has 3 aromatic carbocycles. The van der Waals surface area contributed by atoms with E-state index >= 15 is 0 Å². The lowest BCUT2D eigenvalue weighted by atomic mass is 10.1. The third-order valence-corrected chi connectivity index (χ3v) is 23.4. The maximum absolute atomic E-state index is 13.4. The molecule has 582 valence electrons. The summed E-state index contributed by atoms with van der Waals surface area (Å²) in [5.41, 5.74) is 11.5. The first-order valence-electron chi connectivity index (χ1n) is 37.2. The van der Waals surface area contributed by atoms with Crippen LogP contribution in [0.4, 0.5) is 101 Å². The monoisotopic (exact) mass is 1550 g/mol. The van der Waals surface area contributed by atoms with E-state index in [2.05, 4.69) is 147 Å². The van der Waals surface area contributed by atoms with Gasteiger partial charge in [-0.15, -0.1) is 34.0 Å². The van der Waals surface area contributed by atoms with Crippen molar-refractivity contribution in [2.45, 2.75) is 94.3 Å². The summed E-state index contributed by atoms with van der Waals surface area (Å²) in [6.45, 7) is 34.0. The van der Waals surface area contributed by atoms with Gasteiger partial charge < -0.3 is 74.6 Å². The number of benzene rings is 3. The maximum atomic E-state index is 13.4. The van der Waals surface area contributed by atoms with Gasteiger partial charge in [0.15, 0.2) is 34.5 Å². The third kappa shape index (κ3) is 16.1. The Morgan fingerprint density at radius 2 is 0.791 bits per heavy atom. The van der Waals surface area contributed by atoms with Crippen molar-refractivity contribution in [3.8, 4) is 11.5 Å². The smallest absolute Gasteiger partial charge is 0.280 e. The van der Waals surface area contributed by atoms with Crippen LogP contribution in [-0.2, 0) is 0 Å². The van der Waals surface area contributed by atoms with E-state index in [0.717, 1.165) is 143 Å². The molecule has 30 nitrogen and oxygen atoms in total. The molecule has 12 heterocycles. The van der Waals surface area contributed by atoms with Crippen LogP contribution in [0.25, 0.3) is 0 Å². The van der Waals surface area contributed by atoms with Crippen LogP contribution in [0.1, 0.15) is 99.2 Å². The highest BCUT2D eigenvalue weighted by atomic mass is 32.1. The largest absolute Gasteiger partial charge is 0.494 e. The highest BCUT2D eigenvalue weighted by Crippen LogP contribution is 2.47. The van der Waals surface area contributed by atoms with Crippen molar-refractivity contribution in [2.75, 3.05) is 201 Å². The molecule has 6 aromatic heterocycles. The molecule has 15 rings (SSSR count). The van der Waals surface area contributed by atoms with Crippen LogP contribution in [0, 0.1) is 34.6 Å². The van der Waals surface area contributed by atoms with E-state index < -0.39 is 0 Å². The Balaban J connectivity index is 0.000000145. The van der Waals surface area contributed by atoms with Gasteiger partial charge in [0.25, 0.3) is 17.7 Å². The fraction of sp³-hybridized carbons (Fsp3) is 0.455. The molecule has 0 unspecified atom stereocenters. The second-order valence-electron chi connectivity index (χ2n) is 29.2. The number of hydrogen-bond acceptors (Lipinski definition) is 30. The zero-order chi connectivity index (χ0) is 78.3. The Morgan fingerprint density at radius 3 is 1.16 bits per heavy atom. The molecule has 0 atom stereocenters. The minimum absolute atomic E-state index is 0.0608. The number of carbonyl (C=O) groups is 3. The number of fused-ring (bicyclic) bond motifs is 6. The predicted molar refractivity (Wildman–Crippen MR) is 444 cm³/mol. The van der Waals surface area contributed by atoms with Gasteiger partial charge in [-0.05, 0) is 145 Å². The normalized spacial score (nSPS) is 16.2. The molecule has 9 aromatic rings. The van der Waals surface area contributed by atoms with Crippen molar-refractivity contribution < 1.29 is 29.0 Å². The molecule has 110 heavy (non-hydrogen) atoms. The molecule has 33 heteroatoms. The maximum Gasteiger partial charge on any atom is 0.280 e. The van der Waals surface area contributed by atoms with Crippen molar-refractivity contribution in [1.29, 1.82) is 0 Å². The van der Waals surface area contributed by atoms with Crippen molar-refractivity contribution >= 4 is 153 Å². The summed E-state index contributed by atoms with van der Waals surface area (Å²) in [6, 6.07) is 16.4. The first-order chi connectivity index (χ1) is 52.7. The van der Waals surface area contributed by atoms with Crippen molar-refractivity contribution in [1.82, 2.24) is 59.6 Å². The first-order valence-corrected chi connectivity index (χ1v) is 39.7. The van der Waals surface area contributed by atoms with Crippen LogP contribution in [0.5, 0.6) is 11.5 Å². The number of methoxy groups -OCH3 is 1. The number of hydrogen-bond donors (Lipinski definition) is 4. The average Bonchev–Trinajstić information content (AvgIpc) is 1.61. The van der Waals surface area contributed by atoms with E-state index in [0.29, 0.717) is 80.9 Å². The number of aliphatic hydroxyl groups excluding tert-OH is 1. The molecule has 6 aliphatic heterocycles. The number of aromatic nitrogens is 9. The molecular formula is C77H100N24O6S3. The molecule has 0 bridgehead atoms. The lowest BCUT2D eigenvalue weighted by molar-refractivity contribution is 0.0969. The molecule has 4 N–H and O–H groups in total. The van der Waals surface area contributed by atoms with Crippen molar-refractivity contribution in [3.63, 3.8) is 0 Å². The Labute approximate surface area is 655 Å². The van der Waals surface area contributed by atoms with Crippen molar-refractivity contribution in [3.05, 3.63) is 110 Å². The second-order valence-corrected chi connectivity index (χ2v) is 32.7. The molecule has 3 fully saturated rings. The molecule has 6 aliphatic rings. The number of likely N-dealkylation sites (N-methyl/N-ethyl adjacent to an activating group) is 3. The summed E-state index contributed by atoms with van der Waals surface area (Å²) >= 11 is 4.45. The SMILES string of the molecule is COc1cc(N2CCN(C)CC2)c(C)cc1Nc1ncc2c(n1)N(C)c1sc(C)nc1C(=O)N2C(C)C.Cc1nc2c(s1)N(C)c1nc(Nc3ccc(N4CCN(C)CC4)cc3C)ncc1N(C(C)C)C2=O.Cc1nc2c(s1)N(C)c1nc(Nc3ccc(N4CCN(C)CC4)cc3OCCO)ncc1N(C(C)C)C2=O. The number of nitrogens with zero attached hydrogens (tertiary/aromatic N) is 21. The number of aliphatic hydroxyl groups is 1. The van der Waals surface area contributed by atoms with Crippen LogP contribution in [0.15, 0.2) is 67.1 Å². The number of carbonyl (C=O) groups excluding carboxylic acids is 3. The third-order valence-electron chi connectivity index (χ3n) is 20.2. The Hall–Kier alpha value is -10.2. The van der Waals surface area contributed by atoms with Gasteiger partial charge in [-0.2, -0.15) is 15.0 Å². The van der Waals surface area contributed by atoms with Crippen LogP contribution >= 0.6 is 34.0 Å². The molecule has 0 spiro atoms. The van der Waals surface area contributed by atoms with Crippen molar-refractivity contribution in [2.24, 2.45) is 0 Å². The van der Waals surface area contributed by atoms with E-state index in [1.807, 2.05) is 110 Å². The van der Waals surface area contributed by atoms with Gasteiger partial charge in [0.1, 0.15) is 50.2 Å². The molecular weight excluding hydrogens is 1450 g/mol. The van der Waals surface area contributed by atoms with E-state index in [1.54, 1.807) is 40.4 Å². The Morgan fingerprint density at radius 1 is 0.427 bits per heavy atom. The zero-order valence-corrected chi connectivity index (χ0v) is 68.5. The predicted octanol–water partition coefficient (Wildman–Crippen LogP) is 11.6. The fourth-order valence-corrected chi connectivity index (χ4v) is 16.9. The number of thiazole rings is 3. The van der Waals surface area contributed by atoms with Gasteiger partial charge in [0.05, 0.1) is 58.7 Å². The number of ether oxygens (including phenoxy) is 2. The number of aryl methyl sites for hydroxylation is 5. The van der Waals surface area contributed by atoms with Crippen LogP contribution in [0.2, 0.25) is 0 Å². The van der Waals surface area contributed by atoms with Crippen LogP contribution in [0.3, 0.4) is 0 Å². The van der Waals surface area contributed by atoms with E-state index in [1.165, 1.54) is 45.4 Å². The minimum atomic E-state index is -0.159. The van der Waals surface area contributed by atoms with Gasteiger partial charge >= 0.3 is 0 Å². The Bertz CT molecular complexity index is 4870. The van der Waals surface area contributed by atoms with E-state index in [9.17, 15) is 19.5 Å². The van der Waals surface area contributed by atoms with E-state index in [4.69, 9.17) is 24.4 Å². The summed E-state index contributed by atoms with van der Waals surface area (Å²) < 4.78 is 11.7. The van der Waals surface area contributed by atoms with Crippen LogP contribution < -0.4 is 69.5 Å². The summed E-state index contributed by atoms with van der Waals surface area (Å²) in [5, 5.41) is 24.3. The molecule has 0 saturated carbocycles. The highest BCUT2D eigenvalue weighted by Gasteiger charge is 2.39. The Kier molecular flexibility index (Phi) is 23.3. The van der Waals surface area contributed by atoms with Gasteiger partial charge in [0, 0.05) is 153 Å². The number of nitrogens with one attached hydrogen (secondary N) is 3. The minimum Gasteiger partial charge on any atom is -0.494 e.